The molecule has 0 spiro atoms. The molecule has 0 aliphatic carbocycles. The molecule has 2 atom stereocenters. The lowest BCUT2D eigenvalue weighted by Crippen LogP contribution is -2.44. The number of fused-ring (bicyclic) bond motifs is 8. The van der Waals surface area contributed by atoms with Crippen LogP contribution in [0.1, 0.15) is 83.5 Å². The molecule has 9 rings (SSSR count). The van der Waals surface area contributed by atoms with Crippen molar-refractivity contribution in [2.45, 2.75) is 89.0 Å². The Bertz CT molecular complexity index is 2920. The highest BCUT2D eigenvalue weighted by Gasteiger charge is 2.39. The summed E-state index contributed by atoms with van der Waals surface area (Å²) in [7, 11) is 8.59. The maximum Gasteiger partial charge on any atom is 0.261 e. The Morgan fingerprint density at radius 2 is 1.36 bits per heavy atom. The van der Waals surface area contributed by atoms with E-state index in [9.17, 15) is 9.59 Å². The molecule has 4 aliphatic rings. The quantitative estimate of drug-likeness (QED) is 0.0196. The van der Waals surface area contributed by atoms with E-state index in [4.69, 9.17) is 44.0 Å². The standard InChI is InChI=1S/C59H73N7O9S2/c1-58(2,63-60)17-12-24-76-77-59(3,4)38-64(18-19-72-22-23-73-21-20-69-5)43-26-39(36-74-54-32-48-46(30-52(54)70-6)56(67)65-44(34-61-48)28-41-13-8-10-15-50(41)65)25-40(27-43)37-75-55-33-49-47(31-53(55)71-7)57(68)66-45(35-62-49)29-42-14-9-11-16-51(42)66/h8-11,13-16,25-27,30-34,44-45,62-63H,12,17-24,28-29,35-38,60H2,1-7H3/t44-,45-/m0/s1. The van der Waals surface area contributed by atoms with Crippen molar-refractivity contribution in [3.8, 4) is 23.0 Å². The van der Waals surface area contributed by atoms with Gasteiger partial charge in [-0.15, -0.1) is 0 Å². The number of nitrogens with two attached hydrogens (primary N) is 1. The number of nitrogens with zero attached hydrogens (tertiary/aromatic N) is 4. The molecule has 18 heteroatoms. The third-order valence-electron chi connectivity index (χ3n) is 14.3. The zero-order chi connectivity index (χ0) is 54.1. The molecule has 5 aromatic carbocycles. The van der Waals surface area contributed by atoms with Gasteiger partial charge < -0.3 is 48.3 Å². The third kappa shape index (κ3) is 13.3. The number of carbonyl (C=O) groups excluding carboxylic acids is 2. The third-order valence-corrected chi connectivity index (χ3v) is 17.6. The Morgan fingerprint density at radius 3 is 2.05 bits per heavy atom. The number of amides is 2. The summed E-state index contributed by atoms with van der Waals surface area (Å²) in [6.07, 6.45) is 5.32. The van der Waals surface area contributed by atoms with Crippen molar-refractivity contribution < 1.29 is 42.7 Å². The van der Waals surface area contributed by atoms with Crippen LogP contribution in [-0.2, 0) is 40.3 Å². The average molecular weight is 1090 g/mol. The van der Waals surface area contributed by atoms with Gasteiger partial charge in [0, 0.05) is 84.6 Å². The number of ether oxygens (including phenoxy) is 7. The number of rotatable bonds is 27. The SMILES string of the molecule is COCCOCCOCCN(CC(C)(C)SSCCCC(C)(C)NN)c1cc(COc2cc3c(cc2OC)C(=O)N2c4ccccc4C[C@H]2C=N3)cc(COc2cc3c(cc2OC)C(=O)N2c4ccccc4C[C@H]2CN3)c1. The van der Waals surface area contributed by atoms with Gasteiger partial charge in [0.15, 0.2) is 23.0 Å². The molecule has 0 aromatic heterocycles. The van der Waals surface area contributed by atoms with Crippen LogP contribution in [0.4, 0.5) is 28.4 Å². The normalized spacial score (nSPS) is 16.4. The summed E-state index contributed by atoms with van der Waals surface area (Å²) in [5, 5.41) is 3.56. The number of hydrogen-bond donors (Lipinski definition) is 3. The molecule has 16 nitrogen and oxygen atoms in total. The Labute approximate surface area is 461 Å². The van der Waals surface area contributed by atoms with Gasteiger partial charge in [-0.3, -0.25) is 30.7 Å². The highest BCUT2D eigenvalue weighted by Crippen LogP contribution is 2.44. The molecule has 77 heavy (non-hydrogen) atoms. The highest BCUT2D eigenvalue weighted by molar-refractivity contribution is 8.77. The first-order valence-electron chi connectivity index (χ1n) is 26.4. The molecule has 4 aliphatic heterocycles. The number of hydrazine groups is 1. The molecule has 0 saturated carbocycles. The smallest absolute Gasteiger partial charge is 0.261 e. The van der Waals surface area contributed by atoms with Gasteiger partial charge in [-0.1, -0.05) is 58.0 Å². The lowest BCUT2D eigenvalue weighted by molar-refractivity contribution is 0.0264. The molecule has 0 saturated heterocycles. The number of hydrogen-bond acceptors (Lipinski definition) is 16. The second-order valence-corrected chi connectivity index (χ2v) is 24.1. The molecular weight excluding hydrogens is 1010 g/mol. The summed E-state index contributed by atoms with van der Waals surface area (Å²) in [5.41, 5.74) is 11.8. The molecule has 4 N–H and O–H groups in total. The van der Waals surface area contributed by atoms with E-state index >= 15 is 0 Å². The van der Waals surface area contributed by atoms with Crippen molar-refractivity contribution >= 4 is 68.1 Å². The van der Waals surface area contributed by atoms with E-state index in [1.54, 1.807) is 39.5 Å². The molecule has 4 heterocycles. The predicted octanol–water partition coefficient (Wildman–Crippen LogP) is 9.81. The van der Waals surface area contributed by atoms with Gasteiger partial charge in [-0.2, -0.15) is 0 Å². The second kappa shape index (κ2) is 25.2. The fraction of sp³-hybridized carbons (Fsp3) is 0.441. The van der Waals surface area contributed by atoms with Crippen LogP contribution < -0.4 is 50.2 Å². The largest absolute Gasteiger partial charge is 0.493 e. The van der Waals surface area contributed by atoms with Crippen molar-refractivity contribution in [3.05, 3.63) is 124 Å². The van der Waals surface area contributed by atoms with Gasteiger partial charge in [-0.25, -0.2) is 0 Å². The van der Waals surface area contributed by atoms with Gasteiger partial charge in [0.1, 0.15) is 13.2 Å². The van der Waals surface area contributed by atoms with Crippen molar-refractivity contribution in [2.75, 3.05) is 99.8 Å². The van der Waals surface area contributed by atoms with E-state index in [1.165, 1.54) is 0 Å². The van der Waals surface area contributed by atoms with Gasteiger partial charge in [-0.05, 0) is 112 Å². The topological polar surface area (TPSA) is 171 Å². The fourth-order valence-electron chi connectivity index (χ4n) is 10.3. The number of methoxy groups -OCH3 is 3. The van der Waals surface area contributed by atoms with Crippen LogP contribution in [0.15, 0.2) is 96.0 Å². The highest BCUT2D eigenvalue weighted by atomic mass is 33.1. The Kier molecular flexibility index (Phi) is 18.3. The van der Waals surface area contributed by atoms with E-state index in [-0.39, 0.29) is 47.4 Å². The Balaban J connectivity index is 0.999. The maximum absolute atomic E-state index is 14.3. The summed E-state index contributed by atoms with van der Waals surface area (Å²) in [4.78, 5) is 39.5. The van der Waals surface area contributed by atoms with Crippen LogP contribution in [0.25, 0.3) is 0 Å². The number of aliphatic imine (C=N–C) groups is 1. The van der Waals surface area contributed by atoms with E-state index in [1.807, 2.05) is 80.1 Å². The molecule has 0 unspecified atom stereocenters. The zero-order valence-corrected chi connectivity index (χ0v) is 47.0. The van der Waals surface area contributed by atoms with Crippen LogP contribution >= 0.6 is 21.6 Å². The summed E-state index contributed by atoms with van der Waals surface area (Å²) in [6, 6.07) is 29.5. The Morgan fingerprint density at radius 1 is 0.740 bits per heavy atom. The van der Waals surface area contributed by atoms with Crippen LogP contribution in [-0.4, -0.2) is 120 Å². The van der Waals surface area contributed by atoms with Crippen LogP contribution in [0.2, 0.25) is 0 Å². The lowest BCUT2D eigenvalue weighted by Gasteiger charge is -2.34. The number of para-hydroxylation sites is 2. The van der Waals surface area contributed by atoms with E-state index in [0.717, 1.165) is 64.3 Å². The number of benzene rings is 5. The van der Waals surface area contributed by atoms with Gasteiger partial charge in [0.2, 0.25) is 0 Å². The van der Waals surface area contributed by atoms with E-state index < -0.39 is 0 Å². The van der Waals surface area contributed by atoms with Crippen LogP contribution in [0.3, 0.4) is 0 Å². The average Bonchev–Trinajstić information content (AvgIpc) is 4.02. The van der Waals surface area contributed by atoms with Crippen LogP contribution in [0, 0.1) is 0 Å². The maximum atomic E-state index is 14.3. The minimum absolute atomic E-state index is 0.0151. The summed E-state index contributed by atoms with van der Waals surface area (Å²) in [6.45, 7) is 13.4. The number of anilines is 4. The number of carbonyl (C=O) groups is 2. The minimum atomic E-state index is -0.192. The van der Waals surface area contributed by atoms with Gasteiger partial charge >= 0.3 is 0 Å². The summed E-state index contributed by atoms with van der Waals surface area (Å²) in [5.74, 6) is 8.42. The molecule has 410 valence electrons. The summed E-state index contributed by atoms with van der Waals surface area (Å²) < 4.78 is 42.1. The fourth-order valence-corrected chi connectivity index (χ4v) is 12.9. The Hall–Kier alpha value is -5.99. The zero-order valence-electron chi connectivity index (χ0n) is 45.4. The number of nitrogens with one attached hydrogen (secondary N) is 2. The van der Waals surface area contributed by atoms with E-state index in [0.29, 0.717) is 105 Å². The predicted molar refractivity (Wildman–Crippen MR) is 310 cm³/mol. The first-order chi connectivity index (χ1) is 37.3. The van der Waals surface area contributed by atoms with Crippen molar-refractivity contribution in [1.82, 2.24) is 5.43 Å². The van der Waals surface area contributed by atoms with Crippen molar-refractivity contribution in [1.29, 1.82) is 0 Å². The monoisotopic (exact) mass is 1090 g/mol. The second-order valence-electron chi connectivity index (χ2n) is 21.0. The molecule has 2 amide bonds. The molecule has 0 radical (unpaired) electrons. The first kappa shape index (κ1) is 55.8. The first-order valence-corrected chi connectivity index (χ1v) is 28.7. The lowest BCUT2D eigenvalue weighted by atomic mass is 10.0. The molecule has 5 aromatic rings. The van der Waals surface area contributed by atoms with Crippen LogP contribution in [0.5, 0.6) is 23.0 Å². The summed E-state index contributed by atoms with van der Waals surface area (Å²) >= 11 is 0. The van der Waals surface area contributed by atoms with Gasteiger partial charge in [0.05, 0.1) is 81.8 Å². The van der Waals surface area contributed by atoms with Crippen molar-refractivity contribution in [2.24, 2.45) is 10.8 Å². The van der Waals surface area contributed by atoms with Gasteiger partial charge in [0.25, 0.3) is 11.8 Å². The molecule has 0 fully saturated rings. The minimum Gasteiger partial charge on any atom is -0.493 e. The molecular formula is C59H73N7O9S2. The van der Waals surface area contributed by atoms with E-state index in [2.05, 4.69) is 73.7 Å². The molecule has 0 bridgehead atoms. The van der Waals surface area contributed by atoms with Crippen molar-refractivity contribution in [3.63, 3.8) is 0 Å².